The molecule has 0 spiro atoms. The Morgan fingerprint density at radius 1 is 1.07 bits per heavy atom. The number of ether oxygens (including phenoxy) is 2. The molecule has 0 aliphatic rings. The third kappa shape index (κ3) is 5.48. The van der Waals surface area contributed by atoms with E-state index in [0.717, 1.165) is 0 Å². The Morgan fingerprint density at radius 3 is 2.31 bits per heavy atom. The Hall–Kier alpha value is -4.02. The maximum atomic E-state index is 11.9. The second kappa shape index (κ2) is 9.26. The van der Waals surface area contributed by atoms with Crippen molar-refractivity contribution in [3.05, 3.63) is 67.8 Å². The topological polar surface area (TPSA) is 146 Å². The number of nitro groups is 2. The molecule has 0 aliphatic carbocycles. The van der Waals surface area contributed by atoms with Gasteiger partial charge in [0.15, 0.2) is 18.1 Å². The number of nitrogens with zero attached hydrogens (tertiary/aromatic N) is 3. The maximum absolute atomic E-state index is 11.9. The first kappa shape index (κ1) is 21.3. The van der Waals surface area contributed by atoms with Crippen molar-refractivity contribution in [2.24, 2.45) is 5.10 Å². The number of rotatable bonds is 8. The van der Waals surface area contributed by atoms with E-state index in [0.29, 0.717) is 16.8 Å². The number of hydrogen-bond donors (Lipinski definition) is 1. The van der Waals surface area contributed by atoms with Crippen LogP contribution in [-0.4, -0.2) is 35.2 Å². The molecule has 0 atom stereocenters. The number of hydrogen-bond acceptors (Lipinski definition) is 8. The summed E-state index contributed by atoms with van der Waals surface area (Å²) < 4.78 is 10.1. The lowest BCUT2D eigenvalue weighted by Gasteiger charge is -2.07. The van der Waals surface area contributed by atoms with Gasteiger partial charge in [0, 0.05) is 17.7 Å². The molecular formula is C18H18N4O7. The van der Waals surface area contributed by atoms with E-state index < -0.39 is 22.4 Å². The van der Waals surface area contributed by atoms with E-state index in [1.807, 2.05) is 0 Å². The van der Waals surface area contributed by atoms with Crippen LogP contribution in [0.2, 0.25) is 0 Å². The quantitative estimate of drug-likeness (QED) is 0.406. The predicted octanol–water partition coefficient (Wildman–Crippen LogP) is 2.74. The zero-order valence-electron chi connectivity index (χ0n) is 15.9. The molecule has 0 saturated heterocycles. The van der Waals surface area contributed by atoms with Crippen molar-refractivity contribution in [2.75, 3.05) is 13.7 Å². The summed E-state index contributed by atoms with van der Waals surface area (Å²) in [6, 6.07) is 8.63. The van der Waals surface area contributed by atoms with Gasteiger partial charge in [-0.05, 0) is 37.6 Å². The SMILES string of the molecule is COc1ccc(C(C)=NNC(=O)COc2ccc(C)cc2[N+](=O)[O-])cc1[N+](=O)[O-]. The normalized spacial score (nSPS) is 10.9. The molecule has 2 rings (SSSR count). The van der Waals surface area contributed by atoms with Gasteiger partial charge < -0.3 is 9.47 Å². The van der Waals surface area contributed by atoms with Crippen LogP contribution in [-0.2, 0) is 4.79 Å². The number of carbonyl (C=O) groups is 1. The van der Waals surface area contributed by atoms with Gasteiger partial charge in [-0.3, -0.25) is 25.0 Å². The van der Waals surface area contributed by atoms with E-state index in [9.17, 15) is 25.0 Å². The summed E-state index contributed by atoms with van der Waals surface area (Å²) in [4.78, 5) is 32.9. The van der Waals surface area contributed by atoms with Gasteiger partial charge in [-0.25, -0.2) is 5.43 Å². The molecule has 0 unspecified atom stereocenters. The van der Waals surface area contributed by atoms with Crippen LogP contribution in [0.3, 0.4) is 0 Å². The molecule has 11 heteroatoms. The summed E-state index contributed by atoms with van der Waals surface area (Å²) in [6.45, 7) is 2.76. The molecule has 2 aromatic rings. The fourth-order valence-corrected chi connectivity index (χ4v) is 2.34. The van der Waals surface area contributed by atoms with Crippen molar-refractivity contribution in [1.82, 2.24) is 5.43 Å². The largest absolute Gasteiger partial charge is 0.490 e. The van der Waals surface area contributed by atoms with Crippen LogP contribution in [0.4, 0.5) is 11.4 Å². The minimum Gasteiger partial charge on any atom is -0.490 e. The first-order valence-electron chi connectivity index (χ1n) is 8.26. The van der Waals surface area contributed by atoms with Crippen LogP contribution < -0.4 is 14.9 Å². The van der Waals surface area contributed by atoms with Gasteiger partial charge in [-0.2, -0.15) is 5.10 Å². The van der Waals surface area contributed by atoms with Crippen LogP contribution in [0.1, 0.15) is 18.1 Å². The van der Waals surface area contributed by atoms with E-state index in [1.54, 1.807) is 26.0 Å². The number of nitrogens with one attached hydrogen (secondary N) is 1. The van der Waals surface area contributed by atoms with Gasteiger partial charge in [0.2, 0.25) is 0 Å². The summed E-state index contributed by atoms with van der Waals surface area (Å²) in [5.74, 6) is -0.590. The van der Waals surface area contributed by atoms with Crippen LogP contribution in [0, 0.1) is 27.2 Å². The highest BCUT2D eigenvalue weighted by molar-refractivity contribution is 6.00. The molecule has 152 valence electrons. The molecule has 11 nitrogen and oxygen atoms in total. The van der Waals surface area contributed by atoms with Crippen molar-refractivity contribution < 1.29 is 24.1 Å². The molecular weight excluding hydrogens is 384 g/mol. The number of methoxy groups -OCH3 is 1. The Kier molecular flexibility index (Phi) is 6.80. The zero-order chi connectivity index (χ0) is 21.6. The highest BCUT2D eigenvalue weighted by Gasteiger charge is 2.17. The van der Waals surface area contributed by atoms with E-state index >= 15 is 0 Å². The van der Waals surface area contributed by atoms with Crippen LogP contribution in [0.5, 0.6) is 11.5 Å². The monoisotopic (exact) mass is 402 g/mol. The number of hydrazone groups is 1. The molecule has 29 heavy (non-hydrogen) atoms. The molecule has 0 fully saturated rings. The van der Waals surface area contributed by atoms with Crippen molar-refractivity contribution in [2.45, 2.75) is 13.8 Å². The van der Waals surface area contributed by atoms with E-state index in [-0.39, 0.29) is 22.9 Å². The third-order valence-corrected chi connectivity index (χ3v) is 3.81. The van der Waals surface area contributed by atoms with Gasteiger partial charge in [0.1, 0.15) is 0 Å². The first-order valence-corrected chi connectivity index (χ1v) is 8.26. The van der Waals surface area contributed by atoms with E-state index in [1.165, 1.54) is 31.4 Å². The lowest BCUT2D eigenvalue weighted by molar-refractivity contribution is -0.386. The van der Waals surface area contributed by atoms with Crippen molar-refractivity contribution in [1.29, 1.82) is 0 Å². The molecule has 0 heterocycles. The first-order chi connectivity index (χ1) is 13.7. The molecule has 0 aromatic heterocycles. The van der Waals surface area contributed by atoms with Crippen LogP contribution in [0.15, 0.2) is 41.5 Å². The fraction of sp³-hybridized carbons (Fsp3) is 0.222. The molecule has 1 N–H and O–H groups in total. The molecule has 0 bridgehead atoms. The average molecular weight is 402 g/mol. The Morgan fingerprint density at radius 2 is 1.69 bits per heavy atom. The second-order valence-electron chi connectivity index (χ2n) is 5.89. The van der Waals surface area contributed by atoms with Crippen LogP contribution in [0.25, 0.3) is 0 Å². The van der Waals surface area contributed by atoms with Gasteiger partial charge in [-0.1, -0.05) is 6.07 Å². The second-order valence-corrected chi connectivity index (χ2v) is 5.89. The summed E-state index contributed by atoms with van der Waals surface area (Å²) in [7, 11) is 1.32. The third-order valence-electron chi connectivity index (χ3n) is 3.81. The lowest BCUT2D eigenvalue weighted by Crippen LogP contribution is -2.25. The Bertz CT molecular complexity index is 988. The lowest BCUT2D eigenvalue weighted by atomic mass is 10.1. The highest BCUT2D eigenvalue weighted by Crippen LogP contribution is 2.28. The average Bonchev–Trinajstić information content (AvgIpc) is 2.70. The highest BCUT2D eigenvalue weighted by atomic mass is 16.6. The number of nitro benzene ring substituents is 2. The molecule has 0 radical (unpaired) electrons. The number of carbonyl (C=O) groups excluding carboxylic acids is 1. The van der Waals surface area contributed by atoms with Crippen LogP contribution >= 0.6 is 0 Å². The molecule has 0 saturated carbocycles. The minimum atomic E-state index is -0.651. The fourth-order valence-electron chi connectivity index (χ4n) is 2.34. The number of amides is 1. The zero-order valence-corrected chi connectivity index (χ0v) is 15.9. The summed E-state index contributed by atoms with van der Waals surface area (Å²) >= 11 is 0. The summed E-state index contributed by atoms with van der Waals surface area (Å²) in [5, 5.41) is 26.0. The molecule has 0 aliphatic heterocycles. The smallest absolute Gasteiger partial charge is 0.311 e. The number of benzene rings is 2. The van der Waals surface area contributed by atoms with Crippen molar-refractivity contribution in [3.8, 4) is 11.5 Å². The Balaban J connectivity index is 2.05. The van der Waals surface area contributed by atoms with E-state index in [4.69, 9.17) is 9.47 Å². The van der Waals surface area contributed by atoms with Gasteiger partial charge in [0.05, 0.1) is 22.7 Å². The van der Waals surface area contributed by atoms with E-state index in [2.05, 4.69) is 10.5 Å². The predicted molar refractivity (Wildman–Crippen MR) is 103 cm³/mol. The Labute approximate surface area is 165 Å². The summed E-state index contributed by atoms with van der Waals surface area (Å²) in [5.41, 5.74) is 3.16. The van der Waals surface area contributed by atoms with Crippen molar-refractivity contribution in [3.63, 3.8) is 0 Å². The van der Waals surface area contributed by atoms with Crippen molar-refractivity contribution >= 4 is 23.0 Å². The van der Waals surface area contributed by atoms with Gasteiger partial charge in [-0.15, -0.1) is 0 Å². The molecule has 1 amide bonds. The van der Waals surface area contributed by atoms with Gasteiger partial charge in [0.25, 0.3) is 5.91 Å². The standard InChI is InChI=1S/C18H18N4O7/c1-11-4-6-17(14(8-11)21(24)25)29-10-18(23)20-19-12(2)13-5-7-16(28-3)15(9-13)22(26)27/h4-9H,10H2,1-3H3,(H,20,23). The minimum absolute atomic E-state index is 0.0396. The maximum Gasteiger partial charge on any atom is 0.311 e. The number of aryl methyl sites for hydroxylation is 1. The molecule has 2 aromatic carbocycles. The summed E-state index contributed by atoms with van der Waals surface area (Å²) in [6.07, 6.45) is 0. The van der Waals surface area contributed by atoms with Gasteiger partial charge >= 0.3 is 11.4 Å².